The molecule has 0 aliphatic rings. The predicted molar refractivity (Wildman–Crippen MR) is 140 cm³/mol. The van der Waals surface area contributed by atoms with Gasteiger partial charge in [-0.25, -0.2) is 8.42 Å². The van der Waals surface area contributed by atoms with Crippen molar-refractivity contribution in [3.8, 4) is 5.75 Å². The molecule has 2 aromatic carbocycles. The fourth-order valence-electron chi connectivity index (χ4n) is 3.55. The number of nitrogens with zero attached hydrogens (tertiary/aromatic N) is 2. The average Bonchev–Trinajstić information content (AvgIpc) is 2.76. The van der Waals surface area contributed by atoms with Gasteiger partial charge in [0.1, 0.15) is 18.3 Å². The number of sulfonamides is 1. The maximum atomic E-state index is 13.6. The van der Waals surface area contributed by atoms with Crippen LogP contribution in [0.1, 0.15) is 32.8 Å². The lowest BCUT2D eigenvalue weighted by molar-refractivity contribution is -0.140. The third-order valence-corrected chi connectivity index (χ3v) is 6.83. The number of ether oxygens (including phenoxy) is 1. The van der Waals surface area contributed by atoms with Crippen molar-refractivity contribution in [3.05, 3.63) is 58.1 Å². The van der Waals surface area contributed by atoms with E-state index in [9.17, 15) is 18.0 Å². The minimum Gasteiger partial charge on any atom is -0.497 e. The molecule has 2 aromatic rings. The monoisotopic (exact) mass is 543 g/mol. The summed E-state index contributed by atoms with van der Waals surface area (Å²) in [6.07, 6.45) is 1.31. The quantitative estimate of drug-likeness (QED) is 0.460. The summed E-state index contributed by atoms with van der Waals surface area (Å²) in [6.45, 7) is 4.97. The lowest BCUT2D eigenvalue weighted by atomic mass is 10.1. The van der Waals surface area contributed by atoms with Crippen LogP contribution in [0, 0.1) is 0 Å². The highest BCUT2D eigenvalue weighted by molar-refractivity contribution is 7.92. The molecule has 11 heteroatoms. The molecule has 0 heterocycles. The smallest absolute Gasteiger partial charge is 0.244 e. The van der Waals surface area contributed by atoms with E-state index >= 15 is 0 Å². The van der Waals surface area contributed by atoms with E-state index in [0.29, 0.717) is 17.2 Å². The fourth-order valence-corrected chi connectivity index (χ4v) is 4.97. The van der Waals surface area contributed by atoms with Gasteiger partial charge in [-0.3, -0.25) is 13.9 Å². The second-order valence-electron chi connectivity index (χ2n) is 8.33. The zero-order chi connectivity index (χ0) is 26.3. The zero-order valence-electron chi connectivity index (χ0n) is 20.4. The Morgan fingerprint density at radius 3 is 2.34 bits per heavy atom. The van der Waals surface area contributed by atoms with Gasteiger partial charge in [-0.15, -0.1) is 0 Å². The summed E-state index contributed by atoms with van der Waals surface area (Å²) in [5, 5.41) is 3.25. The summed E-state index contributed by atoms with van der Waals surface area (Å²) in [5.74, 6) is -0.288. The normalized spacial score (nSPS) is 12.2. The fraction of sp³-hybridized carbons (Fsp3) is 0.417. The van der Waals surface area contributed by atoms with Gasteiger partial charge in [-0.1, -0.05) is 42.3 Å². The summed E-state index contributed by atoms with van der Waals surface area (Å²) in [6, 6.07) is 10.5. The van der Waals surface area contributed by atoms with Crippen molar-refractivity contribution in [1.29, 1.82) is 0 Å². The van der Waals surface area contributed by atoms with Crippen LogP contribution in [0.25, 0.3) is 0 Å². The van der Waals surface area contributed by atoms with Crippen LogP contribution in [-0.4, -0.2) is 57.1 Å². The molecule has 0 fully saturated rings. The van der Waals surface area contributed by atoms with E-state index in [4.69, 9.17) is 27.9 Å². The Balaban J connectivity index is 2.49. The minimum absolute atomic E-state index is 0.0754. The Kier molecular flexibility index (Phi) is 10.2. The molecule has 0 bridgehead atoms. The first kappa shape index (κ1) is 28.7. The summed E-state index contributed by atoms with van der Waals surface area (Å²) in [7, 11) is -2.36. The predicted octanol–water partition coefficient (Wildman–Crippen LogP) is 4.10. The van der Waals surface area contributed by atoms with E-state index in [0.717, 1.165) is 16.1 Å². The van der Waals surface area contributed by atoms with E-state index < -0.39 is 28.5 Å². The third-order valence-electron chi connectivity index (χ3n) is 5.16. The first-order chi connectivity index (χ1) is 16.4. The van der Waals surface area contributed by atoms with Crippen LogP contribution in [0.2, 0.25) is 10.0 Å². The third kappa shape index (κ3) is 8.02. The van der Waals surface area contributed by atoms with E-state index in [2.05, 4.69) is 5.32 Å². The van der Waals surface area contributed by atoms with E-state index in [1.165, 1.54) is 30.2 Å². The van der Waals surface area contributed by atoms with Gasteiger partial charge in [0, 0.05) is 17.6 Å². The first-order valence-electron chi connectivity index (χ1n) is 11.0. The number of rotatable bonds is 11. The van der Waals surface area contributed by atoms with E-state index in [1.807, 2.05) is 13.8 Å². The van der Waals surface area contributed by atoms with Crippen molar-refractivity contribution in [2.75, 3.05) is 24.2 Å². The Labute approximate surface area is 217 Å². The van der Waals surface area contributed by atoms with Crippen LogP contribution in [0.3, 0.4) is 0 Å². The maximum Gasteiger partial charge on any atom is 0.244 e. The van der Waals surface area contributed by atoms with Crippen molar-refractivity contribution < 1.29 is 22.7 Å². The van der Waals surface area contributed by atoms with Crippen molar-refractivity contribution in [2.24, 2.45) is 0 Å². The largest absolute Gasteiger partial charge is 0.497 e. The Morgan fingerprint density at radius 1 is 1.11 bits per heavy atom. The summed E-state index contributed by atoms with van der Waals surface area (Å²) >= 11 is 12.2. The molecule has 1 atom stereocenters. The molecule has 1 N–H and O–H groups in total. The van der Waals surface area contributed by atoms with Gasteiger partial charge >= 0.3 is 0 Å². The average molecular weight is 545 g/mol. The number of carbonyl (C=O) groups excluding carboxylic acids is 2. The number of carbonyl (C=O) groups is 2. The lowest BCUT2D eigenvalue weighted by Gasteiger charge is -2.33. The van der Waals surface area contributed by atoms with Gasteiger partial charge in [0.05, 0.1) is 24.1 Å². The Morgan fingerprint density at radius 2 is 1.80 bits per heavy atom. The van der Waals surface area contributed by atoms with Gasteiger partial charge < -0.3 is 15.0 Å². The topological polar surface area (TPSA) is 96.0 Å². The molecule has 192 valence electrons. The Bertz CT molecular complexity index is 1160. The molecule has 0 aliphatic heterocycles. The molecule has 0 saturated carbocycles. The van der Waals surface area contributed by atoms with Gasteiger partial charge in [-0.2, -0.15) is 0 Å². The number of amides is 2. The molecule has 2 rings (SSSR count). The number of methoxy groups -OCH3 is 1. The highest BCUT2D eigenvalue weighted by atomic mass is 35.5. The summed E-state index contributed by atoms with van der Waals surface area (Å²) in [5.41, 5.74) is 0.844. The second kappa shape index (κ2) is 12.5. The zero-order valence-corrected chi connectivity index (χ0v) is 22.7. The van der Waals surface area contributed by atoms with Gasteiger partial charge in [-0.05, 0) is 56.2 Å². The van der Waals surface area contributed by atoms with Crippen molar-refractivity contribution in [2.45, 2.75) is 45.8 Å². The van der Waals surface area contributed by atoms with Gasteiger partial charge in [0.2, 0.25) is 21.8 Å². The molecule has 0 unspecified atom stereocenters. The Hall–Kier alpha value is -2.49. The summed E-state index contributed by atoms with van der Waals surface area (Å²) < 4.78 is 31.5. The van der Waals surface area contributed by atoms with E-state index in [1.54, 1.807) is 31.2 Å². The van der Waals surface area contributed by atoms with Crippen LogP contribution < -0.4 is 14.4 Å². The molecule has 2 amide bonds. The lowest BCUT2D eigenvalue weighted by Crippen LogP contribution is -2.53. The highest BCUT2D eigenvalue weighted by Gasteiger charge is 2.32. The van der Waals surface area contributed by atoms with Crippen molar-refractivity contribution in [1.82, 2.24) is 10.2 Å². The standard InChI is InChI=1S/C24H31Cl2N3O5S/c1-6-21(24(31)27-16(2)3)28(14-17-8-7-9-19(12-17)34-4)23(30)15-29(35(5,32)33)22-11-10-18(25)13-20(22)26/h7-13,16,21H,6,14-15H2,1-5H3,(H,27,31)/t21-/m0/s1. The SMILES string of the molecule is CC[C@@H](C(=O)NC(C)C)N(Cc1cccc(OC)c1)C(=O)CN(c1ccc(Cl)cc1Cl)S(C)(=O)=O. The maximum absolute atomic E-state index is 13.6. The van der Waals surface area contributed by atoms with Crippen LogP contribution in [-0.2, 0) is 26.2 Å². The van der Waals surface area contributed by atoms with E-state index in [-0.39, 0.29) is 29.2 Å². The number of halogens is 2. The molecule has 8 nitrogen and oxygen atoms in total. The number of anilines is 1. The first-order valence-corrected chi connectivity index (χ1v) is 13.6. The van der Waals surface area contributed by atoms with Crippen LogP contribution in [0.4, 0.5) is 5.69 Å². The molecule has 0 radical (unpaired) electrons. The van der Waals surface area contributed by atoms with Crippen molar-refractivity contribution in [3.63, 3.8) is 0 Å². The molecule has 0 aliphatic carbocycles. The second-order valence-corrected chi connectivity index (χ2v) is 11.1. The highest BCUT2D eigenvalue weighted by Crippen LogP contribution is 2.30. The number of benzene rings is 2. The van der Waals surface area contributed by atoms with Gasteiger partial charge in [0.15, 0.2) is 0 Å². The minimum atomic E-state index is -3.90. The number of nitrogens with one attached hydrogen (secondary N) is 1. The molecular formula is C24H31Cl2N3O5S. The van der Waals surface area contributed by atoms with Crippen LogP contribution in [0.15, 0.2) is 42.5 Å². The van der Waals surface area contributed by atoms with Crippen molar-refractivity contribution >= 4 is 50.7 Å². The molecule has 0 saturated heterocycles. The van der Waals surface area contributed by atoms with Gasteiger partial charge in [0.25, 0.3) is 0 Å². The van der Waals surface area contributed by atoms with Crippen LogP contribution >= 0.6 is 23.2 Å². The summed E-state index contributed by atoms with van der Waals surface area (Å²) in [4.78, 5) is 28.0. The molecule has 35 heavy (non-hydrogen) atoms. The number of hydrogen-bond donors (Lipinski definition) is 1. The molecule has 0 aromatic heterocycles. The van der Waals surface area contributed by atoms with Crippen LogP contribution in [0.5, 0.6) is 5.75 Å². The number of hydrogen-bond acceptors (Lipinski definition) is 5. The molecular weight excluding hydrogens is 513 g/mol. The molecule has 0 spiro atoms.